The van der Waals surface area contributed by atoms with Crippen molar-refractivity contribution < 1.29 is 8.78 Å². The fourth-order valence-corrected chi connectivity index (χ4v) is 2.96. The fourth-order valence-electron chi connectivity index (χ4n) is 2.96. The van der Waals surface area contributed by atoms with E-state index >= 15 is 0 Å². The van der Waals surface area contributed by atoms with Crippen LogP contribution in [0.5, 0.6) is 0 Å². The maximum Gasteiger partial charge on any atom is 0.123 e. The first-order valence-corrected chi connectivity index (χ1v) is 7.20. The Bertz CT molecular complexity index is 966. The minimum Gasteiger partial charge on any atom is -0.361 e. The molecule has 2 nitrogen and oxygen atoms in total. The molecular weight excluding hydrogens is 282 g/mol. The number of aromatic amines is 1. The first kappa shape index (κ1) is 13.1. The second kappa shape index (κ2) is 4.98. The topological polar surface area (TPSA) is 20.7 Å². The van der Waals surface area contributed by atoms with Crippen molar-refractivity contribution in [2.75, 3.05) is 0 Å². The molecule has 0 radical (unpaired) electrons. The van der Waals surface area contributed by atoms with Crippen LogP contribution in [0.15, 0.2) is 54.9 Å². The normalized spacial score (nSPS) is 11.5. The molecule has 110 valence electrons. The molecule has 0 aliphatic heterocycles. The van der Waals surface area contributed by atoms with Crippen molar-refractivity contribution in [1.29, 1.82) is 0 Å². The molecule has 4 aromatic rings. The second-order valence-corrected chi connectivity index (χ2v) is 5.47. The highest BCUT2D eigenvalue weighted by atomic mass is 19.1. The maximum atomic E-state index is 13.4. The van der Waals surface area contributed by atoms with Gasteiger partial charge in [0.05, 0.1) is 0 Å². The highest BCUT2D eigenvalue weighted by molar-refractivity contribution is 5.83. The summed E-state index contributed by atoms with van der Waals surface area (Å²) < 4.78 is 28.7. The Morgan fingerprint density at radius 3 is 2.68 bits per heavy atom. The smallest absolute Gasteiger partial charge is 0.123 e. The SMILES string of the molecule is Fc1ccc2c(ccn2CCc2c[nH]c3ccc(F)cc23)c1. The van der Waals surface area contributed by atoms with E-state index in [0.717, 1.165) is 40.3 Å². The molecule has 0 bridgehead atoms. The number of fused-ring (bicyclic) bond motifs is 2. The van der Waals surface area contributed by atoms with Crippen LogP contribution >= 0.6 is 0 Å². The third-order valence-corrected chi connectivity index (χ3v) is 4.08. The van der Waals surface area contributed by atoms with Crippen LogP contribution in [0.1, 0.15) is 5.56 Å². The zero-order chi connectivity index (χ0) is 15.1. The van der Waals surface area contributed by atoms with Crippen LogP contribution in [0.4, 0.5) is 8.78 Å². The van der Waals surface area contributed by atoms with Gasteiger partial charge >= 0.3 is 0 Å². The molecule has 0 aliphatic carbocycles. The van der Waals surface area contributed by atoms with E-state index < -0.39 is 0 Å². The lowest BCUT2D eigenvalue weighted by atomic mass is 10.1. The summed E-state index contributed by atoms with van der Waals surface area (Å²) in [6.07, 6.45) is 4.67. The average Bonchev–Trinajstić information content (AvgIpc) is 3.08. The van der Waals surface area contributed by atoms with E-state index in [1.165, 1.54) is 18.2 Å². The standard InChI is InChI=1S/C18H14F2N2/c19-14-2-4-18-12(9-14)5-7-22(18)8-6-13-11-21-17-3-1-15(20)10-16(13)17/h1-5,7,9-11,21H,6,8H2. The van der Waals surface area contributed by atoms with E-state index in [4.69, 9.17) is 0 Å². The third-order valence-electron chi connectivity index (χ3n) is 4.08. The van der Waals surface area contributed by atoms with Crippen LogP contribution in [0.25, 0.3) is 21.8 Å². The van der Waals surface area contributed by atoms with E-state index in [-0.39, 0.29) is 11.6 Å². The van der Waals surface area contributed by atoms with Crippen LogP contribution in [0.3, 0.4) is 0 Å². The highest BCUT2D eigenvalue weighted by Crippen LogP contribution is 2.22. The van der Waals surface area contributed by atoms with Gasteiger partial charge in [0.2, 0.25) is 0 Å². The Labute approximate surface area is 126 Å². The van der Waals surface area contributed by atoms with Crippen LogP contribution in [0, 0.1) is 11.6 Å². The van der Waals surface area contributed by atoms with E-state index in [0.29, 0.717) is 0 Å². The van der Waals surface area contributed by atoms with E-state index in [9.17, 15) is 8.78 Å². The number of benzene rings is 2. The summed E-state index contributed by atoms with van der Waals surface area (Å²) in [5.74, 6) is -0.451. The maximum absolute atomic E-state index is 13.4. The Hall–Kier alpha value is -2.62. The van der Waals surface area contributed by atoms with Gasteiger partial charge in [-0.1, -0.05) is 0 Å². The molecule has 0 aliphatic rings. The number of nitrogens with one attached hydrogen (secondary N) is 1. The van der Waals surface area contributed by atoms with E-state index in [1.54, 1.807) is 18.2 Å². The molecule has 0 spiro atoms. The van der Waals surface area contributed by atoms with Crippen molar-refractivity contribution in [2.24, 2.45) is 0 Å². The van der Waals surface area contributed by atoms with Gasteiger partial charge in [-0.2, -0.15) is 0 Å². The van der Waals surface area contributed by atoms with Crippen molar-refractivity contribution >= 4 is 21.8 Å². The van der Waals surface area contributed by atoms with Crippen molar-refractivity contribution in [2.45, 2.75) is 13.0 Å². The number of nitrogens with zero attached hydrogens (tertiary/aromatic N) is 1. The van der Waals surface area contributed by atoms with Gasteiger partial charge in [-0.25, -0.2) is 8.78 Å². The molecule has 22 heavy (non-hydrogen) atoms. The number of aromatic nitrogens is 2. The summed E-state index contributed by atoms with van der Waals surface area (Å²) in [6, 6.07) is 11.5. The molecule has 0 unspecified atom stereocenters. The number of halogens is 2. The highest BCUT2D eigenvalue weighted by Gasteiger charge is 2.07. The van der Waals surface area contributed by atoms with Gasteiger partial charge < -0.3 is 9.55 Å². The largest absolute Gasteiger partial charge is 0.361 e. The summed E-state index contributed by atoms with van der Waals surface area (Å²) >= 11 is 0. The monoisotopic (exact) mass is 296 g/mol. The predicted molar refractivity (Wildman–Crippen MR) is 83.9 cm³/mol. The van der Waals surface area contributed by atoms with Crippen LogP contribution in [-0.2, 0) is 13.0 Å². The van der Waals surface area contributed by atoms with Crippen LogP contribution in [-0.4, -0.2) is 9.55 Å². The van der Waals surface area contributed by atoms with Crippen LogP contribution in [0.2, 0.25) is 0 Å². The van der Waals surface area contributed by atoms with Gasteiger partial charge in [0.15, 0.2) is 0 Å². The lowest BCUT2D eigenvalue weighted by molar-refractivity contribution is 0.629. The molecular formula is C18H14F2N2. The molecule has 2 heterocycles. The first-order chi connectivity index (χ1) is 10.7. The minimum absolute atomic E-state index is 0.225. The number of aryl methyl sites for hydroxylation is 2. The number of H-pyrrole nitrogens is 1. The molecule has 0 saturated carbocycles. The lowest BCUT2D eigenvalue weighted by Gasteiger charge is -2.05. The zero-order valence-electron chi connectivity index (χ0n) is 11.8. The van der Waals surface area contributed by atoms with Crippen molar-refractivity contribution in [3.05, 3.63) is 72.1 Å². The molecule has 0 saturated heterocycles. The Morgan fingerprint density at radius 2 is 1.77 bits per heavy atom. The molecule has 0 atom stereocenters. The Morgan fingerprint density at radius 1 is 0.955 bits per heavy atom. The Kier molecular flexibility index (Phi) is 2.96. The third kappa shape index (κ3) is 2.17. The number of rotatable bonds is 3. The molecule has 0 amide bonds. The van der Waals surface area contributed by atoms with Crippen molar-refractivity contribution in [1.82, 2.24) is 9.55 Å². The van der Waals surface area contributed by atoms with Crippen molar-refractivity contribution in [3.8, 4) is 0 Å². The van der Waals surface area contributed by atoms with Gasteiger partial charge in [-0.3, -0.25) is 0 Å². The predicted octanol–water partition coefficient (Wildman–Crippen LogP) is 4.64. The summed E-state index contributed by atoms with van der Waals surface area (Å²) in [6.45, 7) is 0.762. The van der Waals surface area contributed by atoms with Gasteiger partial charge in [-0.05, 0) is 54.4 Å². The van der Waals surface area contributed by atoms with Gasteiger partial charge in [-0.15, -0.1) is 0 Å². The summed E-state index contributed by atoms with van der Waals surface area (Å²) in [5.41, 5.74) is 3.03. The molecule has 1 N–H and O–H groups in total. The van der Waals surface area contributed by atoms with Gasteiger partial charge in [0.1, 0.15) is 11.6 Å². The van der Waals surface area contributed by atoms with E-state index in [1.807, 2.05) is 18.5 Å². The average molecular weight is 296 g/mol. The molecule has 2 aromatic heterocycles. The number of hydrogen-bond donors (Lipinski definition) is 1. The van der Waals surface area contributed by atoms with Crippen LogP contribution < -0.4 is 0 Å². The summed E-state index contributed by atoms with van der Waals surface area (Å²) in [7, 11) is 0. The molecule has 2 aromatic carbocycles. The lowest BCUT2D eigenvalue weighted by Crippen LogP contribution is -1.99. The summed E-state index contributed by atoms with van der Waals surface area (Å²) in [5, 5.41) is 1.81. The zero-order valence-corrected chi connectivity index (χ0v) is 11.8. The van der Waals surface area contributed by atoms with E-state index in [2.05, 4.69) is 9.55 Å². The quantitative estimate of drug-likeness (QED) is 0.568. The molecule has 4 rings (SSSR count). The first-order valence-electron chi connectivity index (χ1n) is 7.20. The second-order valence-electron chi connectivity index (χ2n) is 5.47. The van der Waals surface area contributed by atoms with Gasteiger partial charge in [0, 0.05) is 40.7 Å². The minimum atomic E-state index is -0.227. The molecule has 4 heteroatoms. The number of hydrogen-bond acceptors (Lipinski definition) is 0. The Balaban J connectivity index is 1.64. The van der Waals surface area contributed by atoms with Gasteiger partial charge in [0.25, 0.3) is 0 Å². The van der Waals surface area contributed by atoms with Crippen molar-refractivity contribution in [3.63, 3.8) is 0 Å². The summed E-state index contributed by atoms with van der Waals surface area (Å²) in [4.78, 5) is 3.16. The fraction of sp³-hybridized carbons (Fsp3) is 0.111. The molecule has 0 fully saturated rings.